The summed E-state index contributed by atoms with van der Waals surface area (Å²) in [5, 5.41) is 4.16. The Morgan fingerprint density at radius 1 is 1.07 bits per heavy atom. The average molecular weight is 367 g/mol. The lowest BCUT2D eigenvalue weighted by Crippen LogP contribution is -2.46. The second-order valence-corrected chi connectivity index (χ2v) is 8.24. The molecule has 1 aromatic heterocycles. The highest BCUT2D eigenvalue weighted by atomic mass is 16.2. The summed E-state index contributed by atoms with van der Waals surface area (Å²) in [6.07, 6.45) is 9.61. The number of likely N-dealkylation sites (tertiary alicyclic amines) is 2. The van der Waals surface area contributed by atoms with E-state index in [1.54, 1.807) is 10.9 Å². The third kappa shape index (κ3) is 4.59. The van der Waals surface area contributed by atoms with Crippen LogP contribution in [0.3, 0.4) is 0 Å². The van der Waals surface area contributed by atoms with Crippen LogP contribution in [-0.2, 0) is 17.8 Å². The molecule has 2 aromatic rings. The number of benzene rings is 1. The molecule has 2 aliphatic rings. The van der Waals surface area contributed by atoms with E-state index in [-0.39, 0.29) is 5.91 Å². The van der Waals surface area contributed by atoms with E-state index in [2.05, 4.69) is 45.2 Å². The van der Waals surface area contributed by atoms with Crippen molar-refractivity contribution in [1.29, 1.82) is 0 Å². The van der Waals surface area contributed by atoms with Crippen molar-refractivity contribution in [2.45, 2.75) is 38.6 Å². The summed E-state index contributed by atoms with van der Waals surface area (Å²) >= 11 is 0. The molecule has 1 spiro atoms. The van der Waals surface area contributed by atoms with E-state index in [0.29, 0.717) is 12.0 Å². The van der Waals surface area contributed by atoms with Crippen molar-refractivity contribution < 1.29 is 4.79 Å². The summed E-state index contributed by atoms with van der Waals surface area (Å²) in [7, 11) is 0. The van der Waals surface area contributed by atoms with E-state index in [9.17, 15) is 4.79 Å². The Balaban J connectivity index is 1.26. The Hall–Kier alpha value is -2.14. The van der Waals surface area contributed by atoms with Crippen molar-refractivity contribution in [3.8, 4) is 0 Å². The zero-order valence-corrected chi connectivity index (χ0v) is 16.1. The SMILES string of the molecule is O=C(Cn1cccn1)N1CC[C@]2(CCCN(CCCc3ccccc3)C2)C1. The van der Waals surface area contributed by atoms with E-state index < -0.39 is 0 Å². The van der Waals surface area contributed by atoms with Crippen LogP contribution in [0.15, 0.2) is 48.8 Å². The normalized spacial score (nSPS) is 23.2. The van der Waals surface area contributed by atoms with Gasteiger partial charge in [0.05, 0.1) is 0 Å². The first kappa shape index (κ1) is 18.2. The van der Waals surface area contributed by atoms with Crippen molar-refractivity contribution in [3.63, 3.8) is 0 Å². The summed E-state index contributed by atoms with van der Waals surface area (Å²) in [5.41, 5.74) is 1.74. The largest absolute Gasteiger partial charge is 0.340 e. The van der Waals surface area contributed by atoms with E-state index in [1.165, 1.54) is 31.4 Å². The Kier molecular flexibility index (Phi) is 5.58. The molecule has 2 fully saturated rings. The molecule has 1 amide bonds. The smallest absolute Gasteiger partial charge is 0.244 e. The van der Waals surface area contributed by atoms with Crippen LogP contribution in [0, 0.1) is 5.41 Å². The van der Waals surface area contributed by atoms with Gasteiger partial charge in [0.25, 0.3) is 0 Å². The van der Waals surface area contributed by atoms with Crippen molar-refractivity contribution >= 4 is 5.91 Å². The minimum Gasteiger partial charge on any atom is -0.340 e. The van der Waals surface area contributed by atoms with E-state index in [1.807, 2.05) is 12.3 Å². The molecule has 1 atom stereocenters. The number of carbonyl (C=O) groups is 1. The lowest BCUT2D eigenvalue weighted by molar-refractivity contribution is -0.131. The molecule has 5 heteroatoms. The number of carbonyl (C=O) groups excluding carboxylic acids is 1. The van der Waals surface area contributed by atoms with Crippen LogP contribution in [0.2, 0.25) is 0 Å². The number of aryl methyl sites for hydroxylation is 1. The van der Waals surface area contributed by atoms with Gasteiger partial charge in [0, 0.05) is 37.4 Å². The van der Waals surface area contributed by atoms with Gasteiger partial charge in [-0.2, -0.15) is 5.10 Å². The Bertz CT molecular complexity index is 730. The van der Waals surface area contributed by atoms with Crippen LogP contribution in [0.1, 0.15) is 31.2 Å². The molecular formula is C22H30N4O. The molecule has 3 heterocycles. The molecule has 4 rings (SSSR count). The number of piperidine rings is 1. The number of hydrogen-bond acceptors (Lipinski definition) is 3. The minimum absolute atomic E-state index is 0.205. The Labute approximate surface area is 162 Å². The third-order valence-electron chi connectivity index (χ3n) is 6.17. The highest BCUT2D eigenvalue weighted by molar-refractivity contribution is 5.76. The third-order valence-corrected chi connectivity index (χ3v) is 6.17. The predicted octanol–water partition coefficient (Wildman–Crippen LogP) is 2.83. The average Bonchev–Trinajstić information content (AvgIpc) is 3.33. The van der Waals surface area contributed by atoms with Gasteiger partial charge in [-0.3, -0.25) is 9.48 Å². The fraction of sp³-hybridized carbons (Fsp3) is 0.545. The molecule has 2 aliphatic heterocycles. The monoisotopic (exact) mass is 366 g/mol. The zero-order chi connectivity index (χ0) is 18.5. The molecule has 0 N–H and O–H groups in total. The van der Waals surface area contributed by atoms with Crippen LogP contribution in [0.4, 0.5) is 0 Å². The number of hydrogen-bond donors (Lipinski definition) is 0. The maximum absolute atomic E-state index is 12.6. The summed E-state index contributed by atoms with van der Waals surface area (Å²) in [5.74, 6) is 0.205. The number of rotatable bonds is 6. The maximum Gasteiger partial charge on any atom is 0.244 e. The molecule has 27 heavy (non-hydrogen) atoms. The first-order chi connectivity index (χ1) is 13.2. The van der Waals surface area contributed by atoms with Crippen LogP contribution in [0.5, 0.6) is 0 Å². The van der Waals surface area contributed by atoms with Crippen molar-refractivity contribution in [1.82, 2.24) is 19.6 Å². The van der Waals surface area contributed by atoms with Gasteiger partial charge in [-0.25, -0.2) is 0 Å². The number of amides is 1. The quantitative estimate of drug-likeness (QED) is 0.789. The lowest BCUT2D eigenvalue weighted by Gasteiger charge is -2.40. The second kappa shape index (κ2) is 8.26. The summed E-state index contributed by atoms with van der Waals surface area (Å²) < 4.78 is 1.73. The fourth-order valence-corrected chi connectivity index (χ4v) is 4.77. The van der Waals surface area contributed by atoms with E-state index in [4.69, 9.17) is 0 Å². The van der Waals surface area contributed by atoms with Gasteiger partial charge >= 0.3 is 0 Å². The highest BCUT2D eigenvalue weighted by Crippen LogP contribution is 2.39. The van der Waals surface area contributed by atoms with Crippen LogP contribution >= 0.6 is 0 Å². The summed E-state index contributed by atoms with van der Waals surface area (Å²) in [6, 6.07) is 12.6. The van der Waals surface area contributed by atoms with Crippen LogP contribution in [0.25, 0.3) is 0 Å². The molecule has 0 saturated carbocycles. The van der Waals surface area contributed by atoms with Gasteiger partial charge in [0.2, 0.25) is 5.91 Å². The van der Waals surface area contributed by atoms with Gasteiger partial charge in [-0.05, 0) is 56.8 Å². The molecule has 0 aliphatic carbocycles. The van der Waals surface area contributed by atoms with Crippen LogP contribution in [-0.4, -0.2) is 58.2 Å². The predicted molar refractivity (Wildman–Crippen MR) is 106 cm³/mol. The van der Waals surface area contributed by atoms with E-state index >= 15 is 0 Å². The van der Waals surface area contributed by atoms with E-state index in [0.717, 1.165) is 39.0 Å². The molecule has 5 nitrogen and oxygen atoms in total. The zero-order valence-electron chi connectivity index (χ0n) is 16.1. The molecule has 2 saturated heterocycles. The highest BCUT2D eigenvalue weighted by Gasteiger charge is 2.42. The molecule has 0 unspecified atom stereocenters. The molecule has 144 valence electrons. The molecule has 0 radical (unpaired) electrons. The number of aromatic nitrogens is 2. The minimum atomic E-state index is 0.205. The Morgan fingerprint density at radius 3 is 2.78 bits per heavy atom. The van der Waals surface area contributed by atoms with Crippen molar-refractivity contribution in [2.24, 2.45) is 5.41 Å². The summed E-state index contributed by atoms with van der Waals surface area (Å²) in [4.78, 5) is 17.3. The van der Waals surface area contributed by atoms with Crippen molar-refractivity contribution in [2.75, 3.05) is 32.7 Å². The van der Waals surface area contributed by atoms with Gasteiger partial charge in [-0.1, -0.05) is 30.3 Å². The lowest BCUT2D eigenvalue weighted by atomic mass is 9.79. The Morgan fingerprint density at radius 2 is 1.96 bits per heavy atom. The number of nitrogens with zero attached hydrogens (tertiary/aromatic N) is 4. The first-order valence-electron chi connectivity index (χ1n) is 10.2. The first-order valence-corrected chi connectivity index (χ1v) is 10.2. The maximum atomic E-state index is 12.6. The van der Waals surface area contributed by atoms with Gasteiger partial charge in [0.15, 0.2) is 0 Å². The second-order valence-electron chi connectivity index (χ2n) is 8.24. The topological polar surface area (TPSA) is 41.4 Å². The van der Waals surface area contributed by atoms with Crippen molar-refractivity contribution in [3.05, 3.63) is 54.4 Å². The van der Waals surface area contributed by atoms with Gasteiger partial charge in [0.1, 0.15) is 6.54 Å². The molecule has 1 aromatic carbocycles. The fourth-order valence-electron chi connectivity index (χ4n) is 4.77. The van der Waals surface area contributed by atoms with Gasteiger partial charge in [-0.15, -0.1) is 0 Å². The van der Waals surface area contributed by atoms with Crippen LogP contribution < -0.4 is 0 Å². The van der Waals surface area contributed by atoms with Gasteiger partial charge < -0.3 is 9.80 Å². The molecule has 0 bridgehead atoms. The molecular weight excluding hydrogens is 336 g/mol. The standard InChI is InChI=1S/C22H30N4O/c27-21(17-26-15-6-12-23-26)25-16-11-22(19-25)10-5-14-24(18-22)13-4-9-20-7-2-1-3-8-20/h1-3,6-8,12,15H,4-5,9-11,13-14,16-19H2/t22-/m0/s1. The summed E-state index contributed by atoms with van der Waals surface area (Å²) in [6.45, 7) is 5.70.